The molecule has 0 saturated carbocycles. The average molecular weight is 213 g/mol. The zero-order valence-electron chi connectivity index (χ0n) is 8.41. The summed E-state index contributed by atoms with van der Waals surface area (Å²) < 4.78 is 0. The lowest BCUT2D eigenvalue weighted by Gasteiger charge is -2.08. The fourth-order valence-corrected chi connectivity index (χ4v) is 1.88. The highest BCUT2D eigenvalue weighted by Gasteiger charge is 2.10. The van der Waals surface area contributed by atoms with Crippen molar-refractivity contribution in [3.63, 3.8) is 0 Å². The Hall–Kier alpha value is -0.870. The summed E-state index contributed by atoms with van der Waals surface area (Å²) in [6.45, 7) is 3.80. The molecule has 0 radical (unpaired) electrons. The maximum Gasteiger partial charge on any atom is 0.261 e. The summed E-state index contributed by atoms with van der Waals surface area (Å²) in [6, 6.07) is 3.60. The van der Waals surface area contributed by atoms with Crippen LogP contribution in [0, 0.1) is 0 Å². The quantitative estimate of drug-likeness (QED) is 0.794. The Balaban J connectivity index is 2.60. The standard InChI is InChI=1S/C10H15NO2S/c1-3-8-4-5-9(14-8)10(13)11-7(2)6-12/h4-5,7,12H,3,6H2,1-2H3,(H,11,13). The molecule has 14 heavy (non-hydrogen) atoms. The molecule has 1 atom stereocenters. The number of amides is 1. The number of carbonyl (C=O) groups is 1. The molecule has 0 spiro atoms. The van der Waals surface area contributed by atoms with Crippen LogP contribution in [0.3, 0.4) is 0 Å². The van der Waals surface area contributed by atoms with E-state index in [0.29, 0.717) is 4.88 Å². The second-order valence-electron chi connectivity index (χ2n) is 3.18. The van der Waals surface area contributed by atoms with Gasteiger partial charge in [-0.25, -0.2) is 0 Å². The van der Waals surface area contributed by atoms with E-state index in [1.54, 1.807) is 6.92 Å². The maximum absolute atomic E-state index is 11.5. The molecular weight excluding hydrogens is 198 g/mol. The molecule has 78 valence electrons. The second kappa shape index (κ2) is 5.12. The Morgan fingerprint density at radius 3 is 2.86 bits per heavy atom. The van der Waals surface area contributed by atoms with Gasteiger partial charge >= 0.3 is 0 Å². The number of aliphatic hydroxyl groups is 1. The van der Waals surface area contributed by atoms with E-state index < -0.39 is 0 Å². The van der Waals surface area contributed by atoms with Crippen molar-refractivity contribution in [3.05, 3.63) is 21.9 Å². The minimum absolute atomic E-state index is 0.0300. The number of hydrogen-bond donors (Lipinski definition) is 2. The van der Waals surface area contributed by atoms with Crippen molar-refractivity contribution in [1.29, 1.82) is 0 Å². The summed E-state index contributed by atoms with van der Waals surface area (Å²) in [7, 11) is 0. The monoisotopic (exact) mass is 213 g/mol. The predicted molar refractivity (Wildman–Crippen MR) is 57.7 cm³/mol. The van der Waals surface area contributed by atoms with Gasteiger partial charge in [-0.1, -0.05) is 6.92 Å². The van der Waals surface area contributed by atoms with Crippen LogP contribution >= 0.6 is 11.3 Å². The van der Waals surface area contributed by atoms with E-state index in [-0.39, 0.29) is 18.6 Å². The minimum atomic E-state index is -0.185. The number of aliphatic hydroxyl groups excluding tert-OH is 1. The number of nitrogens with one attached hydrogen (secondary N) is 1. The van der Waals surface area contributed by atoms with E-state index in [2.05, 4.69) is 12.2 Å². The van der Waals surface area contributed by atoms with Crippen molar-refractivity contribution < 1.29 is 9.90 Å². The van der Waals surface area contributed by atoms with Crippen molar-refractivity contribution in [1.82, 2.24) is 5.32 Å². The Labute approximate surface area is 87.8 Å². The molecule has 1 aromatic rings. The Morgan fingerprint density at radius 2 is 2.36 bits per heavy atom. The molecule has 1 rings (SSSR count). The first-order valence-electron chi connectivity index (χ1n) is 4.67. The summed E-state index contributed by atoms with van der Waals surface area (Å²) in [5, 5.41) is 11.5. The molecule has 0 fully saturated rings. The normalized spacial score (nSPS) is 12.5. The number of rotatable bonds is 4. The van der Waals surface area contributed by atoms with Crippen LogP contribution in [-0.2, 0) is 6.42 Å². The third-order valence-electron chi connectivity index (χ3n) is 1.89. The predicted octanol–water partition coefficient (Wildman–Crippen LogP) is 1.42. The van der Waals surface area contributed by atoms with Gasteiger partial charge in [0.25, 0.3) is 5.91 Å². The van der Waals surface area contributed by atoms with Gasteiger partial charge < -0.3 is 10.4 Å². The van der Waals surface area contributed by atoms with Crippen molar-refractivity contribution in [2.45, 2.75) is 26.3 Å². The van der Waals surface area contributed by atoms with Crippen molar-refractivity contribution >= 4 is 17.2 Å². The van der Waals surface area contributed by atoms with E-state index in [1.807, 2.05) is 12.1 Å². The van der Waals surface area contributed by atoms with E-state index in [9.17, 15) is 4.79 Å². The van der Waals surface area contributed by atoms with Gasteiger partial charge in [-0.05, 0) is 25.5 Å². The molecule has 4 heteroatoms. The smallest absolute Gasteiger partial charge is 0.261 e. The molecule has 3 nitrogen and oxygen atoms in total. The third-order valence-corrected chi connectivity index (χ3v) is 3.11. The molecule has 1 heterocycles. The fraction of sp³-hybridized carbons (Fsp3) is 0.500. The summed E-state index contributed by atoms with van der Waals surface area (Å²) in [6.07, 6.45) is 0.952. The van der Waals surface area contributed by atoms with Crippen LogP contribution in [0.2, 0.25) is 0 Å². The number of aryl methyl sites for hydroxylation is 1. The summed E-state index contributed by atoms with van der Waals surface area (Å²) in [5.41, 5.74) is 0. The van der Waals surface area contributed by atoms with Gasteiger partial charge in [-0.15, -0.1) is 11.3 Å². The second-order valence-corrected chi connectivity index (χ2v) is 4.34. The molecule has 0 saturated heterocycles. The van der Waals surface area contributed by atoms with Crippen LogP contribution in [0.4, 0.5) is 0 Å². The van der Waals surface area contributed by atoms with Crippen LogP contribution in [0.15, 0.2) is 12.1 Å². The van der Waals surface area contributed by atoms with Crippen molar-refractivity contribution in [2.24, 2.45) is 0 Å². The first kappa shape index (κ1) is 11.2. The van der Waals surface area contributed by atoms with Gasteiger partial charge in [0.15, 0.2) is 0 Å². The van der Waals surface area contributed by atoms with Gasteiger partial charge in [-0.3, -0.25) is 4.79 Å². The van der Waals surface area contributed by atoms with Crippen molar-refractivity contribution in [2.75, 3.05) is 6.61 Å². The average Bonchev–Trinajstić information content (AvgIpc) is 2.65. The van der Waals surface area contributed by atoms with Crippen molar-refractivity contribution in [3.8, 4) is 0 Å². The molecule has 1 unspecified atom stereocenters. The highest BCUT2D eigenvalue weighted by atomic mass is 32.1. The molecule has 1 amide bonds. The fourth-order valence-electron chi connectivity index (χ4n) is 1.03. The van der Waals surface area contributed by atoms with E-state index in [0.717, 1.165) is 6.42 Å². The highest BCUT2D eigenvalue weighted by Crippen LogP contribution is 2.16. The lowest BCUT2D eigenvalue weighted by Crippen LogP contribution is -2.34. The van der Waals surface area contributed by atoms with E-state index in [4.69, 9.17) is 5.11 Å². The Morgan fingerprint density at radius 1 is 1.64 bits per heavy atom. The molecule has 0 aliphatic rings. The summed E-state index contributed by atoms with van der Waals surface area (Å²) in [5.74, 6) is -0.101. The van der Waals surface area contributed by atoms with Crippen LogP contribution in [0.1, 0.15) is 28.4 Å². The van der Waals surface area contributed by atoms with Gasteiger partial charge in [0, 0.05) is 10.9 Å². The van der Waals surface area contributed by atoms with Crippen LogP contribution in [0.25, 0.3) is 0 Å². The summed E-state index contributed by atoms with van der Waals surface area (Å²) in [4.78, 5) is 13.4. The molecule has 0 bridgehead atoms. The summed E-state index contributed by atoms with van der Waals surface area (Å²) >= 11 is 1.50. The largest absolute Gasteiger partial charge is 0.394 e. The van der Waals surface area contributed by atoms with E-state index in [1.165, 1.54) is 16.2 Å². The minimum Gasteiger partial charge on any atom is -0.394 e. The zero-order valence-corrected chi connectivity index (χ0v) is 9.23. The molecule has 0 aliphatic heterocycles. The molecule has 2 N–H and O–H groups in total. The zero-order chi connectivity index (χ0) is 10.6. The lowest BCUT2D eigenvalue weighted by molar-refractivity contribution is 0.0926. The first-order chi connectivity index (χ1) is 6.67. The third kappa shape index (κ3) is 2.82. The maximum atomic E-state index is 11.5. The van der Waals surface area contributed by atoms with Crippen LogP contribution in [0.5, 0.6) is 0 Å². The molecule has 0 aliphatic carbocycles. The highest BCUT2D eigenvalue weighted by molar-refractivity contribution is 7.14. The SMILES string of the molecule is CCc1ccc(C(=O)NC(C)CO)s1. The van der Waals surface area contributed by atoms with E-state index >= 15 is 0 Å². The Kier molecular flexibility index (Phi) is 4.10. The molecule has 0 aromatic carbocycles. The molecular formula is C10H15NO2S. The number of thiophene rings is 1. The number of hydrogen-bond acceptors (Lipinski definition) is 3. The topological polar surface area (TPSA) is 49.3 Å². The lowest BCUT2D eigenvalue weighted by atomic mass is 10.3. The Bertz CT molecular complexity index is 309. The molecule has 1 aromatic heterocycles. The van der Waals surface area contributed by atoms with Gasteiger partial charge in [0.05, 0.1) is 11.5 Å². The van der Waals surface area contributed by atoms with Gasteiger partial charge in [0.2, 0.25) is 0 Å². The van der Waals surface area contributed by atoms with Crippen LogP contribution in [-0.4, -0.2) is 23.7 Å². The first-order valence-corrected chi connectivity index (χ1v) is 5.49. The van der Waals surface area contributed by atoms with Crippen LogP contribution < -0.4 is 5.32 Å². The van der Waals surface area contributed by atoms with Gasteiger partial charge in [0.1, 0.15) is 0 Å². The van der Waals surface area contributed by atoms with Gasteiger partial charge in [-0.2, -0.15) is 0 Å². The number of carbonyl (C=O) groups excluding carboxylic acids is 1.